The molecule has 0 aliphatic carbocycles. The topological polar surface area (TPSA) is 54.4 Å². The zero-order valence-corrected chi connectivity index (χ0v) is 5.67. The molecule has 0 unspecified atom stereocenters. The van der Waals surface area contributed by atoms with Gasteiger partial charge in [0.05, 0.1) is 0 Å². The summed E-state index contributed by atoms with van der Waals surface area (Å²) in [4.78, 5) is 19.5. The molecule has 0 aromatic carbocycles. The first-order chi connectivity index (χ1) is 4.77. The van der Waals surface area contributed by atoms with Crippen LogP contribution in [0.1, 0.15) is 25.7 Å². The number of hydrogen-bond acceptors (Lipinski definition) is 2. The summed E-state index contributed by atoms with van der Waals surface area (Å²) in [6.45, 7) is 0. The molecule has 0 amide bonds. The molecule has 0 spiro atoms. The fourth-order valence-corrected chi connectivity index (χ4v) is 0.582. The molecule has 56 valence electrons. The number of carboxylic acids is 1. The van der Waals surface area contributed by atoms with Gasteiger partial charge in [0.15, 0.2) is 0 Å². The van der Waals surface area contributed by atoms with Gasteiger partial charge in [-0.2, -0.15) is 0 Å². The predicted molar refractivity (Wildman–Crippen MR) is 36.4 cm³/mol. The normalized spacial score (nSPS) is 8.40. The molecule has 3 nitrogen and oxygen atoms in total. The van der Waals surface area contributed by atoms with Crippen molar-refractivity contribution in [2.24, 2.45) is 0 Å². The van der Waals surface area contributed by atoms with Crippen molar-refractivity contribution < 1.29 is 14.7 Å². The standard InChI is InChI=1S/C7H10O3/c8-6-4-2-1-3-5-7(9)10/h4H,1-3,5H2,(H,9,10). The first-order valence-corrected chi connectivity index (χ1v) is 3.18. The fraction of sp³-hybridized carbons (Fsp3) is 0.571. The molecule has 3 heteroatoms. The Hall–Kier alpha value is -1.08. The van der Waals surface area contributed by atoms with Gasteiger partial charge in [0, 0.05) is 6.42 Å². The Balaban J connectivity index is 3.05. The van der Waals surface area contributed by atoms with Gasteiger partial charge in [-0.05, 0) is 25.3 Å². The molecular weight excluding hydrogens is 132 g/mol. The molecule has 0 aromatic heterocycles. The molecule has 0 heterocycles. The Morgan fingerprint density at radius 1 is 1.50 bits per heavy atom. The van der Waals surface area contributed by atoms with Crippen LogP contribution in [-0.2, 0) is 9.59 Å². The summed E-state index contributed by atoms with van der Waals surface area (Å²) in [6, 6.07) is 0. The fourth-order valence-electron chi connectivity index (χ4n) is 0.582. The first-order valence-electron chi connectivity index (χ1n) is 3.18. The molecule has 0 bridgehead atoms. The lowest BCUT2D eigenvalue weighted by molar-refractivity contribution is -0.137. The van der Waals surface area contributed by atoms with Gasteiger partial charge in [-0.25, -0.2) is 4.79 Å². The largest absolute Gasteiger partial charge is 0.481 e. The van der Waals surface area contributed by atoms with Crippen LogP contribution < -0.4 is 0 Å². The number of carbonyl (C=O) groups is 1. The van der Waals surface area contributed by atoms with E-state index in [1.807, 2.05) is 0 Å². The summed E-state index contributed by atoms with van der Waals surface area (Å²) in [5.74, 6) is 0.851. The highest BCUT2D eigenvalue weighted by Crippen LogP contribution is 1.98. The van der Waals surface area contributed by atoms with E-state index in [1.54, 1.807) is 5.94 Å². The third-order valence-electron chi connectivity index (χ3n) is 1.07. The van der Waals surface area contributed by atoms with Gasteiger partial charge >= 0.3 is 5.97 Å². The molecule has 0 atom stereocenters. The summed E-state index contributed by atoms with van der Waals surface area (Å²) in [7, 11) is 0. The number of carbonyl (C=O) groups excluding carboxylic acids is 1. The monoisotopic (exact) mass is 142 g/mol. The van der Waals surface area contributed by atoms with E-state index in [-0.39, 0.29) is 6.42 Å². The van der Waals surface area contributed by atoms with E-state index < -0.39 is 5.97 Å². The summed E-state index contributed by atoms with van der Waals surface area (Å²) in [5, 5.41) is 8.18. The molecule has 1 N–H and O–H groups in total. The smallest absolute Gasteiger partial charge is 0.303 e. The lowest BCUT2D eigenvalue weighted by Gasteiger charge is -1.90. The van der Waals surface area contributed by atoms with Crippen LogP contribution >= 0.6 is 0 Å². The highest BCUT2D eigenvalue weighted by molar-refractivity contribution is 5.66. The third kappa shape index (κ3) is 6.92. The van der Waals surface area contributed by atoms with E-state index in [9.17, 15) is 9.59 Å². The van der Waals surface area contributed by atoms with Crippen LogP contribution in [-0.4, -0.2) is 17.0 Å². The van der Waals surface area contributed by atoms with Gasteiger partial charge in [-0.3, -0.25) is 4.79 Å². The Morgan fingerprint density at radius 2 is 2.20 bits per heavy atom. The number of allylic oxidation sites excluding steroid dienone is 1. The second-order valence-corrected chi connectivity index (χ2v) is 1.96. The number of hydrogen-bond donors (Lipinski definition) is 1. The van der Waals surface area contributed by atoms with Crippen LogP contribution in [0.3, 0.4) is 0 Å². The van der Waals surface area contributed by atoms with E-state index in [4.69, 9.17) is 5.11 Å². The first kappa shape index (κ1) is 8.92. The molecule has 0 saturated heterocycles. The average Bonchev–Trinajstić information content (AvgIpc) is 1.87. The van der Waals surface area contributed by atoms with E-state index >= 15 is 0 Å². The minimum atomic E-state index is -0.782. The minimum Gasteiger partial charge on any atom is -0.481 e. The van der Waals surface area contributed by atoms with E-state index in [2.05, 4.69) is 0 Å². The van der Waals surface area contributed by atoms with Crippen molar-refractivity contribution in [2.75, 3.05) is 0 Å². The van der Waals surface area contributed by atoms with E-state index in [0.29, 0.717) is 12.8 Å². The molecule has 0 rings (SSSR count). The summed E-state index contributed by atoms with van der Waals surface area (Å²) >= 11 is 0. The highest BCUT2D eigenvalue weighted by Gasteiger charge is 1.93. The van der Waals surface area contributed by atoms with Crippen molar-refractivity contribution >= 4 is 11.9 Å². The van der Waals surface area contributed by atoms with Gasteiger partial charge < -0.3 is 5.11 Å². The quantitative estimate of drug-likeness (QED) is 0.460. The van der Waals surface area contributed by atoms with Crippen LogP contribution in [0.25, 0.3) is 0 Å². The molecule has 0 aliphatic heterocycles. The van der Waals surface area contributed by atoms with Crippen molar-refractivity contribution in [3.63, 3.8) is 0 Å². The maximum absolute atomic E-state index is 9.94. The molecule has 0 fully saturated rings. The van der Waals surface area contributed by atoms with Crippen LogP contribution in [0.4, 0.5) is 0 Å². The Labute approximate surface area is 59.4 Å². The van der Waals surface area contributed by atoms with Crippen LogP contribution in [0.2, 0.25) is 0 Å². The minimum absolute atomic E-state index is 0.187. The predicted octanol–water partition coefficient (Wildman–Crippen LogP) is 1.02. The van der Waals surface area contributed by atoms with Gasteiger partial charge in [-0.1, -0.05) is 0 Å². The number of rotatable bonds is 5. The van der Waals surface area contributed by atoms with Gasteiger partial charge in [0.25, 0.3) is 0 Å². The van der Waals surface area contributed by atoms with E-state index in [1.165, 1.54) is 6.08 Å². The molecule has 0 saturated carbocycles. The maximum Gasteiger partial charge on any atom is 0.303 e. The van der Waals surface area contributed by atoms with Crippen LogP contribution in [0.5, 0.6) is 0 Å². The highest BCUT2D eigenvalue weighted by atomic mass is 16.4. The Morgan fingerprint density at radius 3 is 2.70 bits per heavy atom. The number of aliphatic carboxylic acids is 1. The zero-order chi connectivity index (χ0) is 7.82. The van der Waals surface area contributed by atoms with Crippen LogP contribution in [0.15, 0.2) is 6.08 Å². The van der Waals surface area contributed by atoms with Crippen molar-refractivity contribution in [3.05, 3.63) is 6.08 Å². The second kappa shape index (κ2) is 6.05. The van der Waals surface area contributed by atoms with Crippen molar-refractivity contribution in [1.82, 2.24) is 0 Å². The number of unbranched alkanes of at least 4 members (excludes halogenated alkanes) is 2. The second-order valence-electron chi connectivity index (χ2n) is 1.96. The third-order valence-corrected chi connectivity index (χ3v) is 1.07. The van der Waals surface area contributed by atoms with Gasteiger partial charge in [0.1, 0.15) is 5.94 Å². The lowest BCUT2D eigenvalue weighted by Crippen LogP contribution is -1.92. The molecule has 0 aromatic rings. The van der Waals surface area contributed by atoms with Gasteiger partial charge in [-0.15, -0.1) is 0 Å². The van der Waals surface area contributed by atoms with Gasteiger partial charge in [0.2, 0.25) is 0 Å². The SMILES string of the molecule is O=C=CCCCCC(=O)O. The molecular formula is C7H10O3. The van der Waals surface area contributed by atoms with Crippen LogP contribution in [0, 0.1) is 0 Å². The Bertz CT molecular complexity index is 141. The maximum atomic E-state index is 9.94. The molecule has 0 aliphatic rings. The Kier molecular flexibility index (Phi) is 5.39. The lowest BCUT2D eigenvalue weighted by atomic mass is 10.2. The molecule has 10 heavy (non-hydrogen) atoms. The summed E-state index contributed by atoms with van der Waals surface area (Å²) in [5.41, 5.74) is 0. The summed E-state index contributed by atoms with van der Waals surface area (Å²) < 4.78 is 0. The molecule has 0 radical (unpaired) electrons. The number of carboxylic acid groups (broad SMARTS) is 1. The average molecular weight is 142 g/mol. The van der Waals surface area contributed by atoms with Crippen molar-refractivity contribution in [3.8, 4) is 0 Å². The van der Waals surface area contributed by atoms with Crippen molar-refractivity contribution in [2.45, 2.75) is 25.7 Å². The zero-order valence-electron chi connectivity index (χ0n) is 5.67. The van der Waals surface area contributed by atoms with E-state index in [0.717, 1.165) is 6.42 Å². The summed E-state index contributed by atoms with van der Waals surface area (Å²) in [6.07, 6.45) is 3.58. The van der Waals surface area contributed by atoms with Crippen molar-refractivity contribution in [1.29, 1.82) is 0 Å².